The van der Waals surface area contributed by atoms with Crippen molar-refractivity contribution in [2.75, 3.05) is 13.2 Å². The number of benzene rings is 1. The van der Waals surface area contributed by atoms with Crippen LogP contribution in [0.5, 0.6) is 5.75 Å². The molecule has 1 aliphatic carbocycles. The molecule has 2 aliphatic heterocycles. The van der Waals surface area contributed by atoms with E-state index in [9.17, 15) is 9.90 Å². The van der Waals surface area contributed by atoms with Crippen LogP contribution in [0.2, 0.25) is 0 Å². The number of aliphatic hydroxyl groups is 1. The summed E-state index contributed by atoms with van der Waals surface area (Å²) in [6, 6.07) is 6.14. The molecule has 2 heterocycles. The summed E-state index contributed by atoms with van der Waals surface area (Å²) in [7, 11) is 0. The highest BCUT2D eigenvalue weighted by molar-refractivity contribution is 5.65. The van der Waals surface area contributed by atoms with Crippen LogP contribution in [0.3, 0.4) is 0 Å². The summed E-state index contributed by atoms with van der Waals surface area (Å²) < 4.78 is 17.6. The van der Waals surface area contributed by atoms with Crippen molar-refractivity contribution in [2.45, 2.75) is 50.1 Å². The fourth-order valence-electron chi connectivity index (χ4n) is 4.31. The number of carbonyl (C=O) groups is 1. The summed E-state index contributed by atoms with van der Waals surface area (Å²) in [6.45, 7) is 2.06. The highest BCUT2D eigenvalue weighted by atomic mass is 16.5. The fourth-order valence-corrected chi connectivity index (χ4v) is 4.31. The van der Waals surface area contributed by atoms with Crippen LogP contribution in [0.25, 0.3) is 0 Å². The van der Waals surface area contributed by atoms with Crippen molar-refractivity contribution in [1.29, 1.82) is 0 Å². The van der Waals surface area contributed by atoms with Gasteiger partial charge in [0.1, 0.15) is 18.1 Å². The van der Waals surface area contributed by atoms with Crippen LogP contribution in [0.4, 0.5) is 0 Å². The Hall–Kier alpha value is -1.69. The van der Waals surface area contributed by atoms with E-state index in [1.54, 1.807) is 0 Å². The second-order valence-corrected chi connectivity index (χ2v) is 7.04. The monoisotopic (exact) mass is 344 g/mol. The second kappa shape index (κ2) is 7.28. The maximum Gasteiger partial charge on any atom is 0.142 e. The number of hydrogen-bond acceptors (Lipinski definition) is 5. The van der Waals surface area contributed by atoms with Crippen molar-refractivity contribution in [3.05, 3.63) is 41.5 Å². The molecule has 1 N–H and O–H groups in total. The number of para-hydroxylation sites is 1. The number of ether oxygens (including phenoxy) is 3. The third-order valence-electron chi connectivity index (χ3n) is 5.54. The van der Waals surface area contributed by atoms with Gasteiger partial charge < -0.3 is 19.3 Å². The number of allylic oxidation sites excluding steroid dienone is 1. The Balaban J connectivity index is 1.52. The summed E-state index contributed by atoms with van der Waals surface area (Å²) in [5, 5.41) is 10.3. The third kappa shape index (κ3) is 3.24. The molecule has 1 saturated carbocycles. The number of aliphatic hydroxyl groups excluding tert-OH is 1. The molecule has 1 aromatic carbocycles. The predicted octanol–water partition coefficient (Wildman–Crippen LogP) is 2.36. The van der Waals surface area contributed by atoms with E-state index in [2.05, 4.69) is 6.07 Å². The number of aldehydes is 1. The Kier molecular flexibility index (Phi) is 4.88. The van der Waals surface area contributed by atoms with Crippen molar-refractivity contribution in [2.24, 2.45) is 5.92 Å². The number of rotatable bonds is 5. The molecule has 0 bridgehead atoms. The summed E-state index contributed by atoms with van der Waals surface area (Å²) >= 11 is 0. The van der Waals surface area contributed by atoms with Crippen LogP contribution in [0.15, 0.2) is 30.4 Å². The molecule has 2 unspecified atom stereocenters. The van der Waals surface area contributed by atoms with E-state index in [1.807, 2.05) is 18.2 Å². The van der Waals surface area contributed by atoms with Crippen LogP contribution < -0.4 is 4.74 Å². The largest absolute Gasteiger partial charge is 0.489 e. The second-order valence-electron chi connectivity index (χ2n) is 7.04. The Labute approximate surface area is 147 Å². The van der Waals surface area contributed by atoms with E-state index in [-0.39, 0.29) is 24.0 Å². The zero-order chi connectivity index (χ0) is 17.2. The van der Waals surface area contributed by atoms with E-state index in [0.717, 1.165) is 49.2 Å². The summed E-state index contributed by atoms with van der Waals surface area (Å²) in [5.41, 5.74) is 2.18. The lowest BCUT2D eigenvalue weighted by atomic mass is 9.87. The van der Waals surface area contributed by atoms with Crippen molar-refractivity contribution in [1.82, 2.24) is 0 Å². The van der Waals surface area contributed by atoms with Crippen LogP contribution in [-0.4, -0.2) is 42.9 Å². The molecule has 5 nitrogen and oxygen atoms in total. The van der Waals surface area contributed by atoms with E-state index in [1.165, 1.54) is 6.08 Å². The molecule has 134 valence electrons. The summed E-state index contributed by atoms with van der Waals surface area (Å²) in [4.78, 5) is 10.7. The van der Waals surface area contributed by atoms with Gasteiger partial charge in [-0.1, -0.05) is 24.3 Å². The number of fused-ring (bicyclic) bond motifs is 3. The minimum absolute atomic E-state index is 0.0319. The lowest BCUT2D eigenvalue weighted by Crippen LogP contribution is -2.23. The Morgan fingerprint density at radius 3 is 2.92 bits per heavy atom. The molecule has 4 atom stereocenters. The van der Waals surface area contributed by atoms with Crippen LogP contribution in [-0.2, 0) is 20.9 Å². The van der Waals surface area contributed by atoms with Gasteiger partial charge in [-0.3, -0.25) is 4.79 Å². The molecule has 1 aromatic rings. The molecule has 0 amide bonds. The molecule has 2 fully saturated rings. The zero-order valence-electron chi connectivity index (χ0n) is 14.2. The summed E-state index contributed by atoms with van der Waals surface area (Å²) in [5.74, 6) is 0.924. The van der Waals surface area contributed by atoms with Gasteiger partial charge in [0.2, 0.25) is 0 Å². The molecule has 4 rings (SSSR count). The Bertz CT molecular complexity index is 649. The van der Waals surface area contributed by atoms with Gasteiger partial charge in [0, 0.05) is 42.6 Å². The average Bonchev–Trinajstić information content (AvgIpc) is 3.14. The minimum atomic E-state index is -0.471. The first-order chi connectivity index (χ1) is 12.3. The molecule has 0 radical (unpaired) electrons. The van der Waals surface area contributed by atoms with Crippen molar-refractivity contribution >= 4 is 6.29 Å². The van der Waals surface area contributed by atoms with Crippen LogP contribution in [0.1, 0.15) is 36.3 Å². The van der Waals surface area contributed by atoms with Crippen LogP contribution in [0, 0.1) is 5.92 Å². The van der Waals surface area contributed by atoms with Gasteiger partial charge in [-0.05, 0) is 18.9 Å². The average molecular weight is 344 g/mol. The van der Waals surface area contributed by atoms with Gasteiger partial charge in [0.25, 0.3) is 0 Å². The Morgan fingerprint density at radius 1 is 1.28 bits per heavy atom. The molecule has 1 saturated heterocycles. The maximum absolute atomic E-state index is 10.7. The van der Waals surface area contributed by atoms with Gasteiger partial charge in [0.15, 0.2) is 0 Å². The molecular weight excluding hydrogens is 320 g/mol. The van der Waals surface area contributed by atoms with Crippen molar-refractivity contribution in [3.8, 4) is 5.75 Å². The SMILES string of the molecule is O=CC=CC1C(O)C[C@H]2Oc3c(COC4CCOCC4)cccc3[C@@H]12. The highest BCUT2D eigenvalue weighted by Crippen LogP contribution is 2.51. The normalized spacial score (nSPS) is 31.7. The van der Waals surface area contributed by atoms with Crippen molar-refractivity contribution in [3.63, 3.8) is 0 Å². The van der Waals surface area contributed by atoms with Crippen LogP contribution >= 0.6 is 0 Å². The molecule has 5 heteroatoms. The molecule has 0 aromatic heterocycles. The maximum atomic E-state index is 10.7. The number of carbonyl (C=O) groups excluding carboxylic acids is 1. The quantitative estimate of drug-likeness (QED) is 0.656. The first-order valence-electron chi connectivity index (χ1n) is 9.05. The highest BCUT2D eigenvalue weighted by Gasteiger charge is 2.48. The smallest absolute Gasteiger partial charge is 0.142 e. The van der Waals surface area contributed by atoms with Gasteiger partial charge in [-0.2, -0.15) is 0 Å². The molecule has 3 aliphatic rings. The molecule has 25 heavy (non-hydrogen) atoms. The van der Waals surface area contributed by atoms with Crippen molar-refractivity contribution < 1.29 is 24.1 Å². The molecule has 0 spiro atoms. The third-order valence-corrected chi connectivity index (χ3v) is 5.54. The first-order valence-corrected chi connectivity index (χ1v) is 9.05. The van der Waals surface area contributed by atoms with E-state index >= 15 is 0 Å². The lowest BCUT2D eigenvalue weighted by molar-refractivity contribution is -0.104. The lowest BCUT2D eigenvalue weighted by Gasteiger charge is -2.23. The minimum Gasteiger partial charge on any atom is -0.489 e. The van der Waals surface area contributed by atoms with E-state index < -0.39 is 6.10 Å². The van der Waals surface area contributed by atoms with Gasteiger partial charge in [-0.15, -0.1) is 0 Å². The zero-order valence-corrected chi connectivity index (χ0v) is 14.2. The van der Waals surface area contributed by atoms with E-state index in [4.69, 9.17) is 14.2 Å². The fraction of sp³-hybridized carbons (Fsp3) is 0.550. The van der Waals surface area contributed by atoms with Gasteiger partial charge in [-0.25, -0.2) is 0 Å². The first kappa shape index (κ1) is 16.8. The topological polar surface area (TPSA) is 65.0 Å². The van der Waals surface area contributed by atoms with Gasteiger partial charge >= 0.3 is 0 Å². The Morgan fingerprint density at radius 2 is 2.12 bits per heavy atom. The van der Waals surface area contributed by atoms with E-state index in [0.29, 0.717) is 13.0 Å². The summed E-state index contributed by atoms with van der Waals surface area (Å²) in [6.07, 6.45) is 6.26. The molecular formula is C20H24O5. The van der Waals surface area contributed by atoms with Gasteiger partial charge in [0.05, 0.1) is 18.8 Å². The number of hydrogen-bond donors (Lipinski definition) is 1. The standard InChI is InChI=1S/C20H24O5/c21-8-2-5-15-17(22)11-18-19(15)16-4-1-3-13(20(16)25-18)12-24-14-6-9-23-10-7-14/h1-5,8,14-15,17-19,22H,6-7,9-12H2/t15?,17?,18-,19-/m1/s1. The predicted molar refractivity (Wildman–Crippen MR) is 91.5 cm³/mol.